The lowest BCUT2D eigenvalue weighted by Gasteiger charge is -2.10. The summed E-state index contributed by atoms with van der Waals surface area (Å²) in [5.41, 5.74) is 0.881. The fraction of sp³-hybridized carbons (Fsp3) is 0.200. The molecule has 184 valence electrons. The Balaban J connectivity index is 1.64. The second-order valence-corrected chi connectivity index (χ2v) is 9.43. The lowest BCUT2D eigenvalue weighted by molar-refractivity contribution is 0.0729. The largest absolute Gasteiger partial charge is 0.494 e. The van der Waals surface area contributed by atoms with Crippen LogP contribution in [0, 0.1) is 0 Å². The van der Waals surface area contributed by atoms with Gasteiger partial charge in [0.15, 0.2) is 11.5 Å². The minimum atomic E-state index is -3.84. The van der Waals surface area contributed by atoms with Gasteiger partial charge in [0, 0.05) is 5.02 Å². The van der Waals surface area contributed by atoms with E-state index in [1.165, 1.54) is 43.7 Å². The molecule has 0 radical (unpaired) electrons. The Labute approximate surface area is 209 Å². The van der Waals surface area contributed by atoms with Crippen molar-refractivity contribution in [3.63, 3.8) is 0 Å². The first kappa shape index (κ1) is 26.1. The monoisotopic (exact) mass is 516 g/mol. The third-order valence-electron chi connectivity index (χ3n) is 4.76. The summed E-state index contributed by atoms with van der Waals surface area (Å²) >= 11 is 5.79. The summed E-state index contributed by atoms with van der Waals surface area (Å²) in [4.78, 5) is 14.7. The first-order valence-electron chi connectivity index (χ1n) is 10.8. The smallest absolute Gasteiger partial charge is 0.343 e. The molecular weight excluding hydrogens is 492 g/mol. The van der Waals surface area contributed by atoms with E-state index in [1.807, 2.05) is 0 Å². The number of rotatable bonds is 11. The van der Waals surface area contributed by atoms with E-state index in [4.69, 9.17) is 25.8 Å². The highest BCUT2D eigenvalue weighted by molar-refractivity contribution is 7.89. The van der Waals surface area contributed by atoms with Crippen molar-refractivity contribution in [2.45, 2.75) is 24.7 Å². The predicted molar refractivity (Wildman–Crippen MR) is 134 cm³/mol. The molecule has 0 spiro atoms. The van der Waals surface area contributed by atoms with Crippen molar-refractivity contribution in [2.75, 3.05) is 13.7 Å². The van der Waals surface area contributed by atoms with Crippen molar-refractivity contribution >= 4 is 33.8 Å². The van der Waals surface area contributed by atoms with Gasteiger partial charge >= 0.3 is 5.97 Å². The number of nitrogens with zero attached hydrogens (tertiary/aromatic N) is 1. The fourth-order valence-electron chi connectivity index (χ4n) is 2.87. The summed E-state index contributed by atoms with van der Waals surface area (Å²) < 4.78 is 41.0. The van der Waals surface area contributed by atoms with Crippen molar-refractivity contribution in [1.82, 2.24) is 4.83 Å². The van der Waals surface area contributed by atoms with Crippen molar-refractivity contribution in [2.24, 2.45) is 5.10 Å². The molecule has 0 aliphatic heterocycles. The molecular formula is C25H25ClN2O6S. The maximum absolute atomic E-state index is 12.5. The van der Waals surface area contributed by atoms with E-state index in [9.17, 15) is 13.2 Å². The van der Waals surface area contributed by atoms with E-state index in [0.717, 1.165) is 12.8 Å². The fourth-order valence-corrected chi connectivity index (χ4v) is 3.78. The molecule has 1 N–H and O–H groups in total. The molecule has 0 aliphatic carbocycles. The van der Waals surface area contributed by atoms with Crippen LogP contribution in [-0.4, -0.2) is 34.3 Å². The molecule has 3 rings (SSSR count). The van der Waals surface area contributed by atoms with E-state index in [0.29, 0.717) is 28.5 Å². The third kappa shape index (κ3) is 7.46. The summed E-state index contributed by atoms with van der Waals surface area (Å²) in [7, 11) is -2.41. The van der Waals surface area contributed by atoms with Crippen molar-refractivity contribution in [3.8, 4) is 17.2 Å². The van der Waals surface area contributed by atoms with Gasteiger partial charge in [0.1, 0.15) is 5.75 Å². The van der Waals surface area contributed by atoms with Crippen LogP contribution in [0.3, 0.4) is 0 Å². The Morgan fingerprint density at radius 1 is 1.03 bits per heavy atom. The number of carbonyl (C=O) groups is 1. The van der Waals surface area contributed by atoms with Crippen molar-refractivity contribution in [3.05, 3.63) is 82.9 Å². The number of ether oxygens (including phenoxy) is 3. The molecule has 0 aromatic heterocycles. The zero-order valence-corrected chi connectivity index (χ0v) is 20.8. The second-order valence-electron chi connectivity index (χ2n) is 7.33. The lowest BCUT2D eigenvalue weighted by Crippen LogP contribution is -2.18. The highest BCUT2D eigenvalue weighted by Gasteiger charge is 2.14. The number of methoxy groups -OCH3 is 1. The van der Waals surface area contributed by atoms with E-state index in [-0.39, 0.29) is 16.4 Å². The molecule has 0 bridgehead atoms. The van der Waals surface area contributed by atoms with Crippen LogP contribution < -0.4 is 19.0 Å². The van der Waals surface area contributed by atoms with Gasteiger partial charge in [-0.1, -0.05) is 24.9 Å². The minimum absolute atomic E-state index is 0.0273. The number of hydrogen-bond acceptors (Lipinski definition) is 7. The highest BCUT2D eigenvalue weighted by atomic mass is 35.5. The maximum atomic E-state index is 12.5. The zero-order chi connectivity index (χ0) is 25.3. The van der Waals surface area contributed by atoms with E-state index < -0.39 is 16.0 Å². The SMILES string of the molecule is CCCCOc1ccc(C(=O)Oc2ccc(/C=N/NS(=O)(=O)c3ccc(Cl)cc3)cc2OC)cc1. The Morgan fingerprint density at radius 3 is 2.40 bits per heavy atom. The van der Waals surface area contributed by atoms with Crippen LogP contribution in [0.25, 0.3) is 0 Å². The summed E-state index contributed by atoms with van der Waals surface area (Å²) in [5.74, 6) is 0.616. The van der Waals surface area contributed by atoms with Crippen molar-refractivity contribution < 1.29 is 27.4 Å². The van der Waals surface area contributed by atoms with Gasteiger partial charge in [-0.25, -0.2) is 9.63 Å². The number of hydrogen-bond donors (Lipinski definition) is 1. The van der Waals surface area contributed by atoms with Gasteiger partial charge in [0.2, 0.25) is 0 Å². The Kier molecular flexibility index (Phi) is 9.11. The molecule has 0 aliphatic rings. The van der Waals surface area contributed by atoms with Crippen LogP contribution in [-0.2, 0) is 10.0 Å². The van der Waals surface area contributed by atoms with Gasteiger partial charge in [0.05, 0.1) is 30.4 Å². The average Bonchev–Trinajstić information content (AvgIpc) is 2.85. The predicted octanol–water partition coefficient (Wildman–Crippen LogP) is 5.06. The Bertz CT molecular complexity index is 1280. The number of unbranched alkanes of at least 4 members (excludes halogenated alkanes) is 1. The van der Waals surface area contributed by atoms with Crippen molar-refractivity contribution in [1.29, 1.82) is 0 Å². The maximum Gasteiger partial charge on any atom is 0.343 e. The minimum Gasteiger partial charge on any atom is -0.494 e. The molecule has 0 heterocycles. The summed E-state index contributed by atoms with van der Waals surface area (Å²) in [6.45, 7) is 2.70. The summed E-state index contributed by atoms with van der Waals surface area (Å²) in [6.07, 6.45) is 3.30. The van der Waals surface area contributed by atoms with E-state index in [1.54, 1.807) is 36.4 Å². The molecule has 0 saturated heterocycles. The molecule has 3 aromatic rings. The number of sulfonamides is 1. The molecule has 0 atom stereocenters. The normalized spacial score (nSPS) is 11.3. The number of carbonyl (C=O) groups excluding carboxylic acids is 1. The van der Waals surface area contributed by atoms with E-state index >= 15 is 0 Å². The molecule has 0 unspecified atom stereocenters. The molecule has 3 aromatic carbocycles. The second kappa shape index (κ2) is 12.2. The van der Waals surface area contributed by atoms with Crippen LogP contribution in [0.1, 0.15) is 35.7 Å². The Hall–Kier alpha value is -3.56. The van der Waals surface area contributed by atoms with Gasteiger partial charge in [-0.3, -0.25) is 0 Å². The van der Waals surface area contributed by atoms with Gasteiger partial charge in [-0.15, -0.1) is 0 Å². The third-order valence-corrected chi connectivity index (χ3v) is 6.25. The van der Waals surface area contributed by atoms with Crippen LogP contribution in [0.4, 0.5) is 0 Å². The zero-order valence-electron chi connectivity index (χ0n) is 19.2. The number of benzene rings is 3. The van der Waals surface area contributed by atoms with Gasteiger partial charge in [-0.05, 0) is 78.7 Å². The molecule has 8 nitrogen and oxygen atoms in total. The van der Waals surface area contributed by atoms with Gasteiger partial charge in [0.25, 0.3) is 10.0 Å². The number of nitrogens with one attached hydrogen (secondary N) is 1. The first-order chi connectivity index (χ1) is 16.8. The van der Waals surface area contributed by atoms with Gasteiger partial charge < -0.3 is 14.2 Å². The number of halogens is 1. The standard InChI is InChI=1S/C25H25ClN2O6S/c1-3-4-15-33-21-10-6-19(7-11-21)25(29)34-23-14-5-18(16-24(23)32-2)17-27-28-35(30,31)22-12-8-20(26)9-13-22/h5-14,16-17,28H,3-4,15H2,1-2H3/b27-17+. The highest BCUT2D eigenvalue weighted by Crippen LogP contribution is 2.28. The lowest BCUT2D eigenvalue weighted by atomic mass is 10.2. The molecule has 35 heavy (non-hydrogen) atoms. The topological polar surface area (TPSA) is 103 Å². The number of hydrazone groups is 1. The van der Waals surface area contributed by atoms with Crippen LogP contribution >= 0.6 is 11.6 Å². The molecule has 0 saturated carbocycles. The molecule has 0 fully saturated rings. The van der Waals surface area contributed by atoms with E-state index in [2.05, 4.69) is 16.9 Å². The van der Waals surface area contributed by atoms with Gasteiger partial charge in [-0.2, -0.15) is 13.5 Å². The Morgan fingerprint density at radius 2 is 1.74 bits per heavy atom. The molecule has 10 heteroatoms. The summed E-state index contributed by atoms with van der Waals surface area (Å²) in [6, 6.07) is 17.1. The average molecular weight is 517 g/mol. The van der Waals surface area contributed by atoms with Crippen LogP contribution in [0.2, 0.25) is 5.02 Å². The van der Waals surface area contributed by atoms with Crippen LogP contribution in [0.5, 0.6) is 17.2 Å². The summed E-state index contributed by atoms with van der Waals surface area (Å²) in [5, 5.41) is 4.21. The van der Waals surface area contributed by atoms with Crippen LogP contribution in [0.15, 0.2) is 76.7 Å². The molecule has 0 amide bonds. The quantitative estimate of drug-likeness (QED) is 0.126. The first-order valence-corrected chi connectivity index (χ1v) is 12.6. The number of esters is 1.